The number of carbonyl (C=O) groups excluding carboxylic acids is 5. The Morgan fingerprint density at radius 1 is 0.522 bits per heavy atom. The van der Waals surface area contributed by atoms with Gasteiger partial charge in [-0.25, -0.2) is 14.4 Å². The molecule has 2 unspecified atom stereocenters. The van der Waals surface area contributed by atoms with Crippen LogP contribution in [-0.2, 0) is 49.7 Å². The van der Waals surface area contributed by atoms with Gasteiger partial charge in [0.05, 0.1) is 26.2 Å². The standard InChI is InChI=1S/C44H71N9O14/c45-44(66)49-34(42(63)64)14-8-10-18-46-36(54)16-6-1-2-7-17-37(55)48-35(43(65)67-32-33-12-4-3-5-13-33)15-9-11-19-47-38(56)28-50-20-22-51(29-39(57)58)24-26-53(31-41(61)62)27-25-52(23-21-50)30-40(59)60/h3-5,12-13,34-35H,1-2,6-11,14-32H2,(H,46,54)(H,47,56)(H,48,55)(H,57,58)(H,59,60)(H,61,62)(H,63,64)(H3,45,49,66). The molecule has 1 heterocycles. The number of carboxylic acid groups (broad SMARTS) is 4. The molecule has 23 nitrogen and oxygen atoms in total. The van der Waals surface area contributed by atoms with Crippen molar-refractivity contribution in [1.82, 2.24) is 40.9 Å². The molecule has 1 aromatic rings. The average molecular weight is 950 g/mol. The number of carbonyl (C=O) groups is 9. The number of primary amides is 1. The van der Waals surface area contributed by atoms with E-state index in [1.165, 1.54) is 0 Å². The van der Waals surface area contributed by atoms with Gasteiger partial charge < -0.3 is 52.2 Å². The molecule has 67 heavy (non-hydrogen) atoms. The summed E-state index contributed by atoms with van der Waals surface area (Å²) in [6.07, 6.45) is 5.33. The Labute approximate surface area is 391 Å². The molecule has 5 amide bonds. The quantitative estimate of drug-likeness (QED) is 0.0342. The maximum absolute atomic E-state index is 13.2. The lowest BCUT2D eigenvalue weighted by Crippen LogP contribution is -2.49. The molecular weight excluding hydrogens is 879 g/mol. The number of ether oxygens (including phenoxy) is 1. The Kier molecular flexibility index (Phi) is 28.6. The number of nitrogens with zero attached hydrogens (tertiary/aromatic N) is 4. The zero-order chi connectivity index (χ0) is 49.4. The Morgan fingerprint density at radius 2 is 0.955 bits per heavy atom. The van der Waals surface area contributed by atoms with Crippen LogP contribution < -0.4 is 27.0 Å². The van der Waals surface area contributed by atoms with Gasteiger partial charge in [-0.2, -0.15) is 0 Å². The second-order valence-electron chi connectivity index (χ2n) is 16.5. The minimum absolute atomic E-state index is 0.0249. The highest BCUT2D eigenvalue weighted by molar-refractivity contribution is 5.84. The summed E-state index contributed by atoms with van der Waals surface area (Å²) in [4.78, 5) is 115. The van der Waals surface area contributed by atoms with Crippen molar-refractivity contribution in [2.24, 2.45) is 5.73 Å². The van der Waals surface area contributed by atoms with E-state index in [1.54, 1.807) is 14.7 Å². The number of nitrogens with two attached hydrogens (primary N) is 1. The molecule has 1 aliphatic heterocycles. The predicted molar refractivity (Wildman–Crippen MR) is 242 cm³/mol. The monoisotopic (exact) mass is 950 g/mol. The van der Waals surface area contributed by atoms with E-state index < -0.39 is 48.0 Å². The zero-order valence-corrected chi connectivity index (χ0v) is 38.4. The first-order valence-corrected chi connectivity index (χ1v) is 22.9. The molecule has 0 aliphatic carbocycles. The molecule has 376 valence electrons. The highest BCUT2D eigenvalue weighted by Gasteiger charge is 2.24. The fraction of sp³-hybridized carbons (Fsp3) is 0.659. The van der Waals surface area contributed by atoms with E-state index in [1.807, 2.05) is 35.2 Å². The number of urea groups is 1. The van der Waals surface area contributed by atoms with Crippen LogP contribution in [0.4, 0.5) is 4.79 Å². The van der Waals surface area contributed by atoms with E-state index in [0.29, 0.717) is 77.4 Å². The SMILES string of the molecule is NC(=O)NC(CCCCNC(=O)CCCCCCC(=O)NC(CCCCNC(=O)CN1CCN(CC(=O)O)CCN(CC(=O)O)CCN(CC(=O)O)CC1)C(=O)OCc1ccccc1)C(=O)O. The maximum Gasteiger partial charge on any atom is 0.328 e. The second kappa shape index (κ2) is 33.5. The molecule has 2 atom stereocenters. The first kappa shape index (κ1) is 57.2. The van der Waals surface area contributed by atoms with Crippen LogP contribution in [0.3, 0.4) is 0 Å². The number of rotatable bonds is 31. The molecule has 0 aromatic heterocycles. The Balaban J connectivity index is 1.84. The van der Waals surface area contributed by atoms with Gasteiger partial charge in [0.2, 0.25) is 17.7 Å². The van der Waals surface area contributed by atoms with Crippen molar-refractivity contribution >= 4 is 53.6 Å². The number of carboxylic acids is 4. The lowest BCUT2D eigenvalue weighted by molar-refractivity contribution is -0.149. The number of esters is 1. The number of nitrogens with one attached hydrogen (secondary N) is 4. The van der Waals surface area contributed by atoms with Crippen molar-refractivity contribution < 1.29 is 68.3 Å². The van der Waals surface area contributed by atoms with Crippen molar-refractivity contribution in [1.29, 1.82) is 0 Å². The summed E-state index contributed by atoms with van der Waals surface area (Å²) in [6, 6.07) is 6.18. The van der Waals surface area contributed by atoms with Crippen LogP contribution in [0.5, 0.6) is 0 Å². The summed E-state index contributed by atoms with van der Waals surface area (Å²) in [5.74, 6) is -5.69. The topological polar surface area (TPSA) is 331 Å². The van der Waals surface area contributed by atoms with Crippen LogP contribution in [-0.4, -0.2) is 197 Å². The Bertz CT molecular complexity index is 1690. The number of benzene rings is 1. The smallest absolute Gasteiger partial charge is 0.328 e. The number of amides is 5. The summed E-state index contributed by atoms with van der Waals surface area (Å²) >= 11 is 0. The lowest BCUT2D eigenvalue weighted by atomic mass is 10.1. The normalized spacial score (nSPS) is 15.4. The Morgan fingerprint density at radius 3 is 1.40 bits per heavy atom. The van der Waals surface area contributed by atoms with Gasteiger partial charge in [-0.1, -0.05) is 43.2 Å². The van der Waals surface area contributed by atoms with Crippen LogP contribution in [0.15, 0.2) is 30.3 Å². The maximum atomic E-state index is 13.2. The number of unbranched alkanes of at least 4 members (excludes halogenated alkanes) is 5. The molecule has 0 spiro atoms. The summed E-state index contributed by atoms with van der Waals surface area (Å²) in [5, 5.41) is 48.1. The summed E-state index contributed by atoms with van der Waals surface area (Å²) in [5.41, 5.74) is 5.78. The molecule has 1 aromatic carbocycles. The average Bonchev–Trinajstić information content (AvgIpc) is 3.26. The molecule has 1 saturated heterocycles. The minimum Gasteiger partial charge on any atom is -0.480 e. The van der Waals surface area contributed by atoms with Gasteiger partial charge in [0.1, 0.15) is 18.7 Å². The molecule has 1 fully saturated rings. The third-order valence-corrected chi connectivity index (χ3v) is 10.9. The van der Waals surface area contributed by atoms with E-state index in [-0.39, 0.29) is 116 Å². The van der Waals surface area contributed by atoms with E-state index in [2.05, 4.69) is 21.3 Å². The van der Waals surface area contributed by atoms with Gasteiger partial charge in [-0.05, 0) is 56.9 Å². The summed E-state index contributed by atoms with van der Waals surface area (Å²) in [7, 11) is 0. The van der Waals surface area contributed by atoms with Gasteiger partial charge in [-0.15, -0.1) is 0 Å². The first-order chi connectivity index (χ1) is 32.0. The molecule has 10 N–H and O–H groups in total. The first-order valence-electron chi connectivity index (χ1n) is 22.9. The van der Waals surface area contributed by atoms with Crippen molar-refractivity contribution in [3.8, 4) is 0 Å². The highest BCUT2D eigenvalue weighted by Crippen LogP contribution is 2.10. The summed E-state index contributed by atoms with van der Waals surface area (Å²) < 4.78 is 5.55. The van der Waals surface area contributed by atoms with E-state index >= 15 is 0 Å². The van der Waals surface area contributed by atoms with Crippen molar-refractivity contribution in [3.63, 3.8) is 0 Å². The van der Waals surface area contributed by atoms with E-state index in [9.17, 15) is 58.5 Å². The minimum atomic E-state index is -1.18. The fourth-order valence-electron chi connectivity index (χ4n) is 7.23. The third-order valence-electron chi connectivity index (χ3n) is 10.9. The molecule has 0 saturated carbocycles. The lowest BCUT2D eigenvalue weighted by Gasteiger charge is -2.32. The molecule has 2 rings (SSSR count). The van der Waals surface area contributed by atoms with Crippen LogP contribution >= 0.6 is 0 Å². The van der Waals surface area contributed by atoms with Gasteiger partial charge in [-0.3, -0.25) is 48.4 Å². The van der Waals surface area contributed by atoms with Gasteiger partial charge >= 0.3 is 35.9 Å². The summed E-state index contributed by atoms with van der Waals surface area (Å²) in [6.45, 7) is 1.96. The molecule has 23 heteroatoms. The van der Waals surface area contributed by atoms with Crippen molar-refractivity contribution in [2.75, 3.05) is 91.6 Å². The second-order valence-corrected chi connectivity index (χ2v) is 16.5. The van der Waals surface area contributed by atoms with Crippen LogP contribution in [0.25, 0.3) is 0 Å². The van der Waals surface area contributed by atoms with Gasteiger partial charge in [0, 0.05) is 78.3 Å². The third kappa shape index (κ3) is 28.7. The van der Waals surface area contributed by atoms with E-state index in [4.69, 9.17) is 15.6 Å². The number of hydrogen-bond donors (Lipinski definition) is 9. The molecule has 1 aliphatic rings. The van der Waals surface area contributed by atoms with Crippen LogP contribution in [0.1, 0.15) is 82.6 Å². The Hall–Kier alpha value is -5.91. The van der Waals surface area contributed by atoms with E-state index in [0.717, 1.165) is 5.56 Å². The van der Waals surface area contributed by atoms with Gasteiger partial charge in [0.25, 0.3) is 0 Å². The van der Waals surface area contributed by atoms with Crippen molar-refractivity contribution in [3.05, 3.63) is 35.9 Å². The van der Waals surface area contributed by atoms with Crippen molar-refractivity contribution in [2.45, 2.75) is 95.7 Å². The number of hydrogen-bond acceptors (Lipinski definition) is 14. The van der Waals surface area contributed by atoms with Crippen LogP contribution in [0, 0.1) is 0 Å². The van der Waals surface area contributed by atoms with Gasteiger partial charge in [0.15, 0.2) is 0 Å². The molecular formula is C44H71N9O14. The predicted octanol–water partition coefficient (Wildman–Crippen LogP) is -0.275. The molecule has 0 radical (unpaired) electrons. The largest absolute Gasteiger partial charge is 0.480 e. The zero-order valence-electron chi connectivity index (χ0n) is 38.4. The molecule has 0 bridgehead atoms. The highest BCUT2D eigenvalue weighted by atomic mass is 16.5. The number of aliphatic carboxylic acids is 4. The fourth-order valence-corrected chi connectivity index (χ4v) is 7.23. The van der Waals surface area contributed by atoms with Crippen LogP contribution in [0.2, 0.25) is 0 Å².